The number of rotatable bonds is 11. The van der Waals surface area contributed by atoms with Crippen molar-refractivity contribution in [2.24, 2.45) is 46.3 Å². The van der Waals surface area contributed by atoms with Gasteiger partial charge in [0.05, 0.1) is 13.2 Å². The standard InChI is InChI=1S/C53H59O9P/c1-32(16-25-49(55)58-5)43-21-22-44-40-20-19-38-30-39(59-33(2)54)26-27-52(38,3)45(40)31-48(53(43,44)4)62-63-60-46-23-17-36(50(56)34-12-8-6-9-13-34)28-41(46)42-29-37(18-24-47(42)61-63)51(57)35-14-10-7-11-15-35/h6-15,17-18,23-24,28-29,32,38-40,43-45,48H,16,19-22,25-27,30-31H2,1-5H3/t32-,38-,39-,40+,43-,44+,45+,48+,52+,53-/m1/s1. The molecule has 0 spiro atoms. The van der Waals surface area contributed by atoms with Crippen molar-refractivity contribution in [3.63, 3.8) is 0 Å². The third-order valence-electron chi connectivity index (χ3n) is 16.2. The smallest absolute Gasteiger partial charge is 0.387 e. The lowest BCUT2D eigenvalue weighted by molar-refractivity contribution is -0.172. The van der Waals surface area contributed by atoms with Gasteiger partial charge in [-0.15, -0.1) is 0 Å². The quantitative estimate of drug-likeness (QED) is 0.0943. The minimum atomic E-state index is -2.03. The van der Waals surface area contributed by atoms with Crippen molar-refractivity contribution in [2.75, 3.05) is 7.11 Å². The van der Waals surface area contributed by atoms with Gasteiger partial charge in [0, 0.05) is 51.8 Å². The molecule has 0 N–H and O–H groups in total. The minimum Gasteiger partial charge on any atom is -0.469 e. The zero-order valence-corrected chi connectivity index (χ0v) is 37.9. The Bertz CT molecular complexity index is 2460. The summed E-state index contributed by atoms with van der Waals surface area (Å²) in [5, 5.41) is 1.30. The van der Waals surface area contributed by atoms with E-state index in [-0.39, 0.29) is 52.5 Å². The Morgan fingerprint density at radius 3 is 1.90 bits per heavy atom. The second-order valence-electron chi connectivity index (χ2n) is 19.4. The van der Waals surface area contributed by atoms with Crippen molar-refractivity contribution < 1.29 is 41.6 Å². The molecule has 4 aliphatic rings. The van der Waals surface area contributed by atoms with E-state index in [2.05, 4.69) is 20.8 Å². The normalized spacial score (nSPS) is 29.2. The molecule has 0 radical (unpaired) electrons. The van der Waals surface area contributed by atoms with Gasteiger partial charge in [0.2, 0.25) is 0 Å². The van der Waals surface area contributed by atoms with Crippen LogP contribution in [-0.2, 0) is 19.1 Å². The first-order valence-electron chi connectivity index (χ1n) is 22.9. The highest BCUT2D eigenvalue weighted by molar-refractivity contribution is 7.31. The van der Waals surface area contributed by atoms with E-state index >= 15 is 0 Å². The van der Waals surface area contributed by atoms with Crippen molar-refractivity contribution in [3.05, 3.63) is 119 Å². The van der Waals surface area contributed by atoms with Crippen molar-refractivity contribution >= 4 is 53.7 Å². The molecule has 1 aromatic heterocycles. The molecule has 9 rings (SSSR count). The summed E-state index contributed by atoms with van der Waals surface area (Å²) in [5.41, 5.74) is 3.02. The maximum Gasteiger partial charge on any atom is 0.387 e. The van der Waals surface area contributed by atoms with Crippen LogP contribution in [0.4, 0.5) is 0 Å². The van der Waals surface area contributed by atoms with E-state index in [0.29, 0.717) is 80.2 Å². The van der Waals surface area contributed by atoms with Crippen molar-refractivity contribution in [2.45, 2.75) is 104 Å². The fourth-order valence-corrected chi connectivity index (χ4v) is 14.3. The molecule has 4 aliphatic carbocycles. The van der Waals surface area contributed by atoms with Gasteiger partial charge in [-0.25, -0.2) is 0 Å². The van der Waals surface area contributed by atoms with Crippen LogP contribution in [0, 0.1) is 46.3 Å². The number of ketones is 2. The van der Waals surface area contributed by atoms with E-state index in [1.165, 1.54) is 14.0 Å². The Morgan fingerprint density at radius 2 is 1.33 bits per heavy atom. The predicted molar refractivity (Wildman–Crippen MR) is 243 cm³/mol. The van der Waals surface area contributed by atoms with Crippen LogP contribution in [0.5, 0.6) is 0 Å². The highest BCUT2D eigenvalue weighted by Crippen LogP contribution is 2.69. The van der Waals surface area contributed by atoms with Gasteiger partial charge in [-0.3, -0.25) is 23.7 Å². The first-order chi connectivity index (χ1) is 30.4. The van der Waals surface area contributed by atoms with Crippen LogP contribution in [0.1, 0.15) is 124 Å². The molecule has 63 heavy (non-hydrogen) atoms. The van der Waals surface area contributed by atoms with E-state index in [1.807, 2.05) is 60.7 Å². The number of esters is 2. The number of carbonyl (C=O) groups excluding carboxylic acids is 4. The lowest BCUT2D eigenvalue weighted by Gasteiger charge is -2.62. The topological polar surface area (TPSA) is 122 Å². The first kappa shape index (κ1) is 43.3. The molecule has 0 amide bonds. The van der Waals surface area contributed by atoms with Crippen LogP contribution in [0.15, 0.2) is 105 Å². The Kier molecular flexibility index (Phi) is 12.0. The third-order valence-corrected chi connectivity index (χ3v) is 17.3. The predicted octanol–water partition coefficient (Wildman–Crippen LogP) is 12.3. The van der Waals surface area contributed by atoms with Gasteiger partial charge < -0.3 is 17.9 Å². The van der Waals surface area contributed by atoms with E-state index in [4.69, 9.17) is 22.4 Å². The average Bonchev–Trinajstić information content (AvgIpc) is 3.58. The maximum absolute atomic E-state index is 13.9. The molecule has 1 heterocycles. The van der Waals surface area contributed by atoms with Crippen LogP contribution in [0.3, 0.4) is 0 Å². The van der Waals surface area contributed by atoms with E-state index < -0.39 is 8.24 Å². The van der Waals surface area contributed by atoms with Gasteiger partial charge in [-0.2, -0.15) is 0 Å². The van der Waals surface area contributed by atoms with Crippen LogP contribution in [0.2, 0.25) is 0 Å². The summed E-state index contributed by atoms with van der Waals surface area (Å²) >= 11 is 0. The second kappa shape index (κ2) is 17.5. The molecule has 330 valence electrons. The summed E-state index contributed by atoms with van der Waals surface area (Å²) in [4.78, 5) is 52.2. The van der Waals surface area contributed by atoms with Gasteiger partial charge >= 0.3 is 20.2 Å². The molecule has 4 fully saturated rings. The largest absolute Gasteiger partial charge is 0.469 e. The van der Waals surface area contributed by atoms with Crippen LogP contribution < -0.4 is 4.52 Å². The third kappa shape index (κ3) is 8.10. The number of hydrogen-bond acceptors (Lipinski definition) is 9. The summed E-state index contributed by atoms with van der Waals surface area (Å²) in [6.07, 6.45) is 8.93. The molecule has 10 heteroatoms. The average molecular weight is 871 g/mol. The number of carbonyl (C=O) groups is 4. The van der Waals surface area contributed by atoms with Gasteiger partial charge in [-0.1, -0.05) is 81.4 Å². The molecule has 0 aliphatic heterocycles. The van der Waals surface area contributed by atoms with Crippen LogP contribution in [0.25, 0.3) is 21.9 Å². The number of hydrogen-bond donors (Lipinski definition) is 0. The van der Waals surface area contributed by atoms with Gasteiger partial charge in [0.1, 0.15) is 17.3 Å². The van der Waals surface area contributed by atoms with Crippen LogP contribution in [-0.4, -0.2) is 42.8 Å². The molecule has 5 aromatic rings. The molecule has 9 nitrogen and oxygen atoms in total. The fourth-order valence-electron chi connectivity index (χ4n) is 13.0. The SMILES string of the molecule is COC(=O)CC[C@@H](C)[C@H]1CC[C@H]2[C@@H]3CC[C@@H]4C[C@H](OC(C)=O)CC[C@]4(C)[C@H]3C[C@H](Op3oc4ccc(C(=O)c5ccccc5)cc4c4cc(C(=O)c5ccccc5)ccc4o3)[C@]12C. The second-order valence-corrected chi connectivity index (χ2v) is 20.4. The minimum absolute atomic E-state index is 0.0343. The Morgan fingerprint density at radius 1 is 0.730 bits per heavy atom. The van der Waals surface area contributed by atoms with Crippen molar-refractivity contribution in [1.82, 2.24) is 0 Å². The molecular weight excluding hydrogens is 812 g/mol. The van der Waals surface area contributed by atoms with Crippen molar-refractivity contribution in [3.8, 4) is 0 Å². The molecule has 4 saturated carbocycles. The Labute approximate surface area is 370 Å². The molecule has 0 unspecified atom stereocenters. The van der Waals surface area contributed by atoms with E-state index in [9.17, 15) is 19.2 Å². The summed E-state index contributed by atoms with van der Waals surface area (Å²) in [5.74, 6) is 1.75. The summed E-state index contributed by atoms with van der Waals surface area (Å²) in [6, 6.07) is 29.3. The molecule has 10 atom stereocenters. The van der Waals surface area contributed by atoms with Crippen LogP contribution >= 0.6 is 8.24 Å². The Hall–Kier alpha value is -4.98. The monoisotopic (exact) mass is 870 g/mol. The molecule has 4 aromatic carbocycles. The number of ether oxygens (including phenoxy) is 2. The Balaban J connectivity index is 1.15. The van der Waals surface area contributed by atoms with Crippen molar-refractivity contribution in [1.29, 1.82) is 0 Å². The zero-order chi connectivity index (χ0) is 44.0. The van der Waals surface area contributed by atoms with Gasteiger partial charge in [0.25, 0.3) is 0 Å². The number of fused-ring (bicyclic) bond motifs is 8. The molecular formula is C53H59O9P. The summed E-state index contributed by atoms with van der Waals surface area (Å²) in [6.45, 7) is 8.73. The highest BCUT2D eigenvalue weighted by Gasteiger charge is 2.65. The summed E-state index contributed by atoms with van der Waals surface area (Å²) in [7, 11) is -0.570. The lowest BCUT2D eigenvalue weighted by atomic mass is 9.43. The summed E-state index contributed by atoms with van der Waals surface area (Å²) < 4.78 is 32.1. The molecule has 0 saturated heterocycles. The number of benzene rings is 4. The fraction of sp³-hybridized carbons (Fsp3) is 0.472. The van der Waals surface area contributed by atoms with Gasteiger partial charge in [-0.05, 0) is 135 Å². The lowest BCUT2D eigenvalue weighted by Crippen LogP contribution is -2.60. The highest BCUT2D eigenvalue weighted by atomic mass is 31.1. The van der Waals surface area contributed by atoms with Gasteiger partial charge in [0.15, 0.2) is 11.6 Å². The first-order valence-corrected chi connectivity index (χ1v) is 24.0. The molecule has 0 bridgehead atoms. The maximum atomic E-state index is 13.9. The zero-order valence-electron chi connectivity index (χ0n) is 37.0. The number of methoxy groups -OCH3 is 1. The van der Waals surface area contributed by atoms with E-state index in [0.717, 1.165) is 57.8 Å². The van der Waals surface area contributed by atoms with E-state index in [1.54, 1.807) is 36.4 Å².